The first-order valence-electron chi connectivity index (χ1n) is 8.11. The number of amides is 1. The van der Waals surface area contributed by atoms with Gasteiger partial charge in [0, 0.05) is 25.7 Å². The molecule has 1 N–H and O–H groups in total. The van der Waals surface area contributed by atoms with Crippen LogP contribution in [0.3, 0.4) is 0 Å². The largest absolute Gasteiger partial charge is 0.464 e. The van der Waals surface area contributed by atoms with Gasteiger partial charge in [0.25, 0.3) is 0 Å². The van der Waals surface area contributed by atoms with Gasteiger partial charge in [-0.3, -0.25) is 9.59 Å². The molecular weight excluding hydrogens is 270 g/mol. The second-order valence-corrected chi connectivity index (χ2v) is 5.63. The van der Waals surface area contributed by atoms with Crippen molar-refractivity contribution in [2.45, 2.75) is 77.2 Å². The van der Waals surface area contributed by atoms with Gasteiger partial charge in [0.15, 0.2) is 0 Å². The number of unbranched alkanes of at least 4 members (excludes halogenated alkanes) is 4. The summed E-state index contributed by atoms with van der Waals surface area (Å²) in [5.41, 5.74) is 0. The molecule has 0 spiro atoms. The van der Waals surface area contributed by atoms with Crippen LogP contribution in [0.2, 0.25) is 0 Å². The van der Waals surface area contributed by atoms with Gasteiger partial charge < -0.3 is 10.1 Å². The molecule has 21 heavy (non-hydrogen) atoms. The number of ketones is 1. The summed E-state index contributed by atoms with van der Waals surface area (Å²) in [5, 5.41) is 2.64. The minimum absolute atomic E-state index is 0.172. The molecule has 0 radical (unpaired) electrons. The minimum atomic E-state index is -0.494. The highest BCUT2D eigenvalue weighted by molar-refractivity contribution is 5.85. The lowest BCUT2D eigenvalue weighted by Gasteiger charge is -2.08. The van der Waals surface area contributed by atoms with E-state index in [0.29, 0.717) is 38.7 Å². The molecule has 0 aliphatic carbocycles. The molecule has 1 aliphatic heterocycles. The van der Waals surface area contributed by atoms with Crippen molar-refractivity contribution in [3.63, 3.8) is 0 Å². The number of rotatable bonds is 11. The lowest BCUT2D eigenvalue weighted by atomic mass is 10.1. The molecule has 1 heterocycles. The van der Waals surface area contributed by atoms with Crippen LogP contribution in [-0.4, -0.2) is 30.3 Å². The molecule has 1 atom stereocenters. The van der Waals surface area contributed by atoms with Crippen LogP contribution in [0.15, 0.2) is 0 Å². The Morgan fingerprint density at radius 1 is 1.10 bits per heavy atom. The number of carbonyl (C=O) groups is 3. The zero-order chi connectivity index (χ0) is 15.5. The lowest BCUT2D eigenvalue weighted by Crippen LogP contribution is -2.37. The molecule has 0 saturated carbocycles. The molecule has 0 aromatic carbocycles. The summed E-state index contributed by atoms with van der Waals surface area (Å²) in [7, 11) is 0. The highest BCUT2D eigenvalue weighted by Gasteiger charge is 2.27. The molecule has 1 aliphatic rings. The number of nitrogens with one attached hydrogen (secondary N) is 1. The molecule has 0 aromatic heterocycles. The Balaban J connectivity index is 2.00. The van der Waals surface area contributed by atoms with Crippen LogP contribution in [0.1, 0.15) is 71.1 Å². The molecule has 1 fully saturated rings. The van der Waals surface area contributed by atoms with Gasteiger partial charge in [-0.15, -0.1) is 0 Å². The zero-order valence-electron chi connectivity index (χ0n) is 13.0. The number of hydrogen-bond donors (Lipinski definition) is 1. The number of esters is 1. The maximum atomic E-state index is 11.6. The highest BCUT2D eigenvalue weighted by Crippen LogP contribution is 2.09. The van der Waals surface area contributed by atoms with Gasteiger partial charge in [0.2, 0.25) is 5.91 Å². The fourth-order valence-corrected chi connectivity index (χ4v) is 2.39. The molecule has 120 valence electrons. The van der Waals surface area contributed by atoms with Crippen LogP contribution in [-0.2, 0) is 19.1 Å². The van der Waals surface area contributed by atoms with Gasteiger partial charge >= 0.3 is 5.97 Å². The molecule has 1 saturated heterocycles. The first-order chi connectivity index (χ1) is 10.1. The highest BCUT2D eigenvalue weighted by atomic mass is 16.5. The first kappa shape index (κ1) is 17.7. The quantitative estimate of drug-likeness (QED) is 0.470. The molecule has 0 unspecified atom stereocenters. The third kappa shape index (κ3) is 7.83. The van der Waals surface area contributed by atoms with E-state index in [1.54, 1.807) is 0 Å². The van der Waals surface area contributed by atoms with Gasteiger partial charge in [-0.1, -0.05) is 32.6 Å². The van der Waals surface area contributed by atoms with Gasteiger partial charge in [0.05, 0.1) is 6.61 Å². The molecule has 5 nitrogen and oxygen atoms in total. The second kappa shape index (κ2) is 10.4. The number of cyclic esters (lactones) is 1. The SMILES string of the molecule is CCCCCCCC(=O)CCCC(=O)N[C@H]1CCOC1=O. The topological polar surface area (TPSA) is 72.5 Å². The number of Topliss-reactive ketones (excluding diaryl/α,β-unsaturated/α-hetero) is 1. The van der Waals surface area contributed by atoms with Crippen molar-refractivity contribution >= 4 is 17.7 Å². The standard InChI is InChI=1S/C16H27NO4/c1-2-3-4-5-6-8-13(18)9-7-10-15(19)17-14-11-12-21-16(14)20/h14H,2-12H2,1H3,(H,17,19)/t14-/m0/s1. The Morgan fingerprint density at radius 3 is 2.48 bits per heavy atom. The number of carbonyl (C=O) groups excluding carboxylic acids is 3. The Bertz CT molecular complexity index is 354. The van der Waals surface area contributed by atoms with Gasteiger partial charge in [-0.25, -0.2) is 4.79 Å². The smallest absolute Gasteiger partial charge is 0.328 e. The fourth-order valence-electron chi connectivity index (χ4n) is 2.39. The van der Waals surface area contributed by atoms with Crippen LogP contribution in [0.25, 0.3) is 0 Å². The van der Waals surface area contributed by atoms with E-state index in [9.17, 15) is 14.4 Å². The molecule has 0 bridgehead atoms. The second-order valence-electron chi connectivity index (χ2n) is 5.63. The van der Waals surface area contributed by atoms with Crippen LogP contribution >= 0.6 is 0 Å². The maximum Gasteiger partial charge on any atom is 0.328 e. The van der Waals surface area contributed by atoms with Crippen LogP contribution in [0, 0.1) is 0 Å². The van der Waals surface area contributed by atoms with E-state index in [0.717, 1.165) is 12.8 Å². The average molecular weight is 297 g/mol. The first-order valence-corrected chi connectivity index (χ1v) is 8.11. The minimum Gasteiger partial charge on any atom is -0.464 e. The summed E-state index contributed by atoms with van der Waals surface area (Å²) in [5.74, 6) is -0.291. The average Bonchev–Trinajstić information content (AvgIpc) is 2.84. The van der Waals surface area contributed by atoms with Crippen LogP contribution in [0.5, 0.6) is 0 Å². The predicted octanol–water partition coefficient (Wildman–Crippen LogP) is 2.52. The van der Waals surface area contributed by atoms with E-state index in [1.807, 2.05) is 0 Å². The monoisotopic (exact) mass is 297 g/mol. The molecule has 0 aromatic rings. The third-order valence-electron chi connectivity index (χ3n) is 3.69. The summed E-state index contributed by atoms with van der Waals surface area (Å²) >= 11 is 0. The van der Waals surface area contributed by atoms with Crippen molar-refractivity contribution in [2.24, 2.45) is 0 Å². The Hall–Kier alpha value is -1.39. The van der Waals surface area contributed by atoms with Crippen molar-refractivity contribution in [3.8, 4) is 0 Å². The van der Waals surface area contributed by atoms with E-state index in [1.165, 1.54) is 19.3 Å². The van der Waals surface area contributed by atoms with E-state index in [-0.39, 0.29) is 17.7 Å². The van der Waals surface area contributed by atoms with Crippen molar-refractivity contribution in [1.29, 1.82) is 0 Å². The molecule has 1 amide bonds. The zero-order valence-corrected chi connectivity index (χ0v) is 13.0. The maximum absolute atomic E-state index is 11.6. The van der Waals surface area contributed by atoms with Crippen molar-refractivity contribution in [2.75, 3.05) is 6.61 Å². The Kier molecular flexibility index (Phi) is 8.71. The van der Waals surface area contributed by atoms with E-state index >= 15 is 0 Å². The van der Waals surface area contributed by atoms with Crippen LogP contribution < -0.4 is 5.32 Å². The van der Waals surface area contributed by atoms with Gasteiger partial charge in [0.1, 0.15) is 11.8 Å². The normalized spacial score (nSPS) is 17.6. The van der Waals surface area contributed by atoms with E-state index in [4.69, 9.17) is 4.74 Å². The van der Waals surface area contributed by atoms with Crippen molar-refractivity contribution in [3.05, 3.63) is 0 Å². The molecule has 1 rings (SSSR count). The summed E-state index contributed by atoms with van der Waals surface area (Å²) < 4.78 is 4.77. The third-order valence-corrected chi connectivity index (χ3v) is 3.69. The van der Waals surface area contributed by atoms with Gasteiger partial charge in [-0.05, 0) is 12.8 Å². The van der Waals surface area contributed by atoms with E-state index < -0.39 is 6.04 Å². The van der Waals surface area contributed by atoms with E-state index in [2.05, 4.69) is 12.2 Å². The summed E-state index contributed by atoms with van der Waals surface area (Å²) in [6, 6.07) is -0.494. The molecular formula is C16H27NO4. The van der Waals surface area contributed by atoms with Gasteiger partial charge in [-0.2, -0.15) is 0 Å². The number of hydrogen-bond acceptors (Lipinski definition) is 4. The lowest BCUT2D eigenvalue weighted by molar-refractivity contribution is -0.141. The Morgan fingerprint density at radius 2 is 1.81 bits per heavy atom. The Labute approximate surface area is 126 Å². The fraction of sp³-hybridized carbons (Fsp3) is 0.812. The number of ether oxygens (including phenoxy) is 1. The summed E-state index contributed by atoms with van der Waals surface area (Å²) in [4.78, 5) is 34.5. The summed E-state index contributed by atoms with van der Waals surface area (Å²) in [6.07, 6.45) is 8.19. The summed E-state index contributed by atoms with van der Waals surface area (Å²) in [6.45, 7) is 2.54. The molecule has 5 heteroatoms. The predicted molar refractivity (Wildman–Crippen MR) is 79.7 cm³/mol. The van der Waals surface area contributed by atoms with Crippen molar-refractivity contribution in [1.82, 2.24) is 5.32 Å². The van der Waals surface area contributed by atoms with Crippen LogP contribution in [0.4, 0.5) is 0 Å². The van der Waals surface area contributed by atoms with Crippen molar-refractivity contribution < 1.29 is 19.1 Å².